The number of amides is 2. The summed E-state index contributed by atoms with van der Waals surface area (Å²) in [6.45, 7) is 0.433. The highest BCUT2D eigenvalue weighted by Gasteiger charge is 2.53. The molecule has 0 aromatic heterocycles. The molecule has 0 aliphatic carbocycles. The second-order valence-electron chi connectivity index (χ2n) is 6.17. The van der Waals surface area contributed by atoms with Gasteiger partial charge in [0.25, 0.3) is 11.8 Å². The van der Waals surface area contributed by atoms with Gasteiger partial charge in [0.1, 0.15) is 5.82 Å². The van der Waals surface area contributed by atoms with E-state index < -0.39 is 23.2 Å². The standard InChI is InChI=1S/C19H17Cl2FN2O3/c1-27-19(17(25)23-11-12-8-13(20)10-14(21)9-12)6-7-24(18(19)26)16-4-2-15(22)3-5-16/h2-5,8-10H,6-7,11H2,1H3,(H,23,25)/t19-/m0/s1. The van der Waals surface area contributed by atoms with Crippen LogP contribution >= 0.6 is 23.2 Å². The van der Waals surface area contributed by atoms with Crippen molar-refractivity contribution in [3.63, 3.8) is 0 Å². The minimum atomic E-state index is -1.63. The zero-order chi connectivity index (χ0) is 19.6. The third kappa shape index (κ3) is 3.93. The quantitative estimate of drug-likeness (QED) is 0.766. The van der Waals surface area contributed by atoms with Crippen molar-refractivity contribution < 1.29 is 18.7 Å². The summed E-state index contributed by atoms with van der Waals surface area (Å²) in [6.07, 6.45) is 0.182. The van der Waals surface area contributed by atoms with Crippen molar-refractivity contribution in [2.75, 3.05) is 18.6 Å². The van der Waals surface area contributed by atoms with Gasteiger partial charge in [-0.15, -0.1) is 0 Å². The number of ether oxygens (including phenoxy) is 1. The fourth-order valence-corrected chi connectivity index (χ4v) is 3.67. The molecule has 1 aliphatic rings. The topological polar surface area (TPSA) is 58.6 Å². The summed E-state index contributed by atoms with van der Waals surface area (Å²) in [5.74, 6) is -1.43. The number of halogens is 3. The summed E-state index contributed by atoms with van der Waals surface area (Å²) in [5, 5.41) is 3.61. The Bertz CT molecular complexity index is 856. The van der Waals surface area contributed by atoms with Crippen LogP contribution in [-0.4, -0.2) is 31.1 Å². The van der Waals surface area contributed by atoms with Gasteiger partial charge < -0.3 is 15.0 Å². The van der Waals surface area contributed by atoms with Crippen LogP contribution in [0.15, 0.2) is 42.5 Å². The average Bonchev–Trinajstić information content (AvgIpc) is 2.97. The van der Waals surface area contributed by atoms with E-state index >= 15 is 0 Å². The zero-order valence-electron chi connectivity index (χ0n) is 14.5. The Morgan fingerprint density at radius 2 is 1.85 bits per heavy atom. The Balaban J connectivity index is 1.75. The van der Waals surface area contributed by atoms with Gasteiger partial charge in [0.2, 0.25) is 5.60 Å². The maximum Gasteiger partial charge on any atom is 0.269 e. The third-order valence-corrected chi connectivity index (χ3v) is 4.94. The summed E-state index contributed by atoms with van der Waals surface area (Å²) in [7, 11) is 1.32. The number of rotatable bonds is 5. The number of carbonyl (C=O) groups excluding carboxylic acids is 2. The Hall–Kier alpha value is -2.15. The van der Waals surface area contributed by atoms with Crippen LogP contribution in [0.4, 0.5) is 10.1 Å². The number of hydrogen-bond acceptors (Lipinski definition) is 3. The third-order valence-electron chi connectivity index (χ3n) is 4.51. The van der Waals surface area contributed by atoms with Crippen molar-refractivity contribution >= 4 is 40.7 Å². The van der Waals surface area contributed by atoms with Crippen LogP contribution in [0.25, 0.3) is 0 Å². The number of nitrogens with zero attached hydrogens (tertiary/aromatic N) is 1. The molecule has 0 radical (unpaired) electrons. The second kappa shape index (κ2) is 7.84. The number of benzene rings is 2. The van der Waals surface area contributed by atoms with Crippen molar-refractivity contribution in [3.05, 3.63) is 63.9 Å². The number of methoxy groups -OCH3 is 1. The SMILES string of the molecule is CO[C@]1(C(=O)NCc2cc(Cl)cc(Cl)c2)CCN(c2ccc(F)cc2)C1=O. The number of carbonyl (C=O) groups is 2. The molecule has 5 nitrogen and oxygen atoms in total. The molecule has 1 fully saturated rings. The van der Waals surface area contributed by atoms with Crippen molar-refractivity contribution in [3.8, 4) is 0 Å². The molecule has 0 unspecified atom stereocenters. The maximum atomic E-state index is 13.1. The highest BCUT2D eigenvalue weighted by atomic mass is 35.5. The zero-order valence-corrected chi connectivity index (χ0v) is 16.0. The molecule has 2 aromatic rings. The molecule has 0 saturated carbocycles. The van der Waals surface area contributed by atoms with Gasteiger partial charge in [-0.05, 0) is 48.0 Å². The average molecular weight is 411 g/mol. The first-order valence-corrected chi connectivity index (χ1v) is 8.97. The largest absolute Gasteiger partial charge is 0.359 e. The second-order valence-corrected chi connectivity index (χ2v) is 7.05. The van der Waals surface area contributed by atoms with Crippen LogP contribution < -0.4 is 10.2 Å². The van der Waals surface area contributed by atoms with Gasteiger partial charge >= 0.3 is 0 Å². The minimum absolute atomic E-state index is 0.147. The summed E-state index contributed by atoms with van der Waals surface area (Å²) in [4.78, 5) is 27.1. The lowest BCUT2D eigenvalue weighted by Gasteiger charge is -2.25. The molecule has 0 spiro atoms. The molecule has 1 atom stereocenters. The van der Waals surface area contributed by atoms with Gasteiger partial charge in [-0.25, -0.2) is 4.39 Å². The molecule has 3 rings (SSSR count). The highest BCUT2D eigenvalue weighted by molar-refractivity contribution is 6.34. The van der Waals surface area contributed by atoms with E-state index in [0.717, 1.165) is 0 Å². The summed E-state index contributed by atoms with van der Waals surface area (Å²) in [5.41, 5.74) is -0.417. The smallest absolute Gasteiger partial charge is 0.269 e. The number of anilines is 1. The van der Waals surface area contributed by atoms with Crippen molar-refractivity contribution in [1.82, 2.24) is 5.32 Å². The number of hydrogen-bond donors (Lipinski definition) is 1. The highest BCUT2D eigenvalue weighted by Crippen LogP contribution is 2.31. The van der Waals surface area contributed by atoms with E-state index in [1.807, 2.05) is 0 Å². The molecule has 8 heteroatoms. The van der Waals surface area contributed by atoms with E-state index in [2.05, 4.69) is 5.32 Å². The molecule has 2 aromatic carbocycles. The van der Waals surface area contributed by atoms with Gasteiger partial charge in [0.15, 0.2) is 0 Å². The molecular weight excluding hydrogens is 394 g/mol. The summed E-state index contributed by atoms with van der Waals surface area (Å²) < 4.78 is 18.5. The van der Waals surface area contributed by atoms with Crippen molar-refractivity contribution in [1.29, 1.82) is 0 Å². The van der Waals surface area contributed by atoms with E-state index in [1.54, 1.807) is 18.2 Å². The van der Waals surface area contributed by atoms with Gasteiger partial charge in [0, 0.05) is 42.4 Å². The molecule has 142 valence electrons. The Morgan fingerprint density at radius 3 is 2.44 bits per heavy atom. The normalized spacial score (nSPS) is 19.4. The van der Waals surface area contributed by atoms with E-state index in [0.29, 0.717) is 21.3 Å². The van der Waals surface area contributed by atoms with E-state index in [-0.39, 0.29) is 19.5 Å². The van der Waals surface area contributed by atoms with Crippen molar-refractivity contribution in [2.45, 2.75) is 18.6 Å². The molecule has 1 N–H and O–H groups in total. The molecule has 2 amide bonds. The maximum absolute atomic E-state index is 13.1. The molecule has 1 heterocycles. The van der Waals surface area contributed by atoms with Crippen LogP contribution in [0.3, 0.4) is 0 Å². The first kappa shape index (κ1) is 19.6. The van der Waals surface area contributed by atoms with Crippen LogP contribution in [0, 0.1) is 5.82 Å². The Labute approximate surface area is 166 Å². The molecule has 0 bridgehead atoms. The summed E-state index contributed by atoms with van der Waals surface area (Å²) in [6, 6.07) is 10.4. The first-order chi connectivity index (χ1) is 12.9. The van der Waals surface area contributed by atoms with Gasteiger partial charge in [-0.1, -0.05) is 23.2 Å². The lowest BCUT2D eigenvalue weighted by molar-refractivity contribution is -0.153. The van der Waals surface area contributed by atoms with Gasteiger partial charge in [-0.3, -0.25) is 9.59 Å². The van der Waals surface area contributed by atoms with Crippen LogP contribution in [0.2, 0.25) is 10.0 Å². The summed E-state index contributed by atoms with van der Waals surface area (Å²) >= 11 is 11.9. The lowest BCUT2D eigenvalue weighted by Crippen LogP contribution is -2.53. The monoisotopic (exact) mass is 410 g/mol. The molecule has 27 heavy (non-hydrogen) atoms. The predicted octanol–water partition coefficient (Wildman–Crippen LogP) is 3.57. The predicted molar refractivity (Wildman–Crippen MR) is 101 cm³/mol. The first-order valence-electron chi connectivity index (χ1n) is 8.22. The number of nitrogens with one attached hydrogen (secondary N) is 1. The molecule has 1 aliphatic heterocycles. The Morgan fingerprint density at radius 1 is 1.22 bits per heavy atom. The molecule has 1 saturated heterocycles. The van der Waals surface area contributed by atoms with Crippen LogP contribution in [-0.2, 0) is 20.9 Å². The van der Waals surface area contributed by atoms with Gasteiger partial charge in [-0.2, -0.15) is 0 Å². The fourth-order valence-electron chi connectivity index (χ4n) is 3.09. The van der Waals surface area contributed by atoms with E-state index in [4.69, 9.17) is 27.9 Å². The fraction of sp³-hybridized carbons (Fsp3) is 0.263. The van der Waals surface area contributed by atoms with E-state index in [9.17, 15) is 14.0 Å². The van der Waals surface area contributed by atoms with Crippen LogP contribution in [0.1, 0.15) is 12.0 Å². The Kier molecular flexibility index (Phi) is 5.69. The van der Waals surface area contributed by atoms with Gasteiger partial charge in [0.05, 0.1) is 0 Å². The van der Waals surface area contributed by atoms with E-state index in [1.165, 1.54) is 36.3 Å². The van der Waals surface area contributed by atoms with Crippen molar-refractivity contribution in [2.24, 2.45) is 0 Å². The molecular formula is C19H17Cl2FN2O3. The minimum Gasteiger partial charge on any atom is -0.359 e. The van der Waals surface area contributed by atoms with Crippen LogP contribution in [0.5, 0.6) is 0 Å². The lowest BCUT2D eigenvalue weighted by atomic mass is 10.0.